The van der Waals surface area contributed by atoms with E-state index in [1.165, 1.54) is 46.8 Å². The molecule has 1 fully saturated rings. The van der Waals surface area contributed by atoms with Gasteiger partial charge < -0.3 is 0 Å². The van der Waals surface area contributed by atoms with Crippen molar-refractivity contribution in [2.75, 3.05) is 4.90 Å². The molecule has 3 aromatic rings. The van der Waals surface area contributed by atoms with Crippen molar-refractivity contribution in [3.63, 3.8) is 0 Å². The van der Waals surface area contributed by atoms with E-state index in [0.717, 1.165) is 25.0 Å². The SMILES string of the molecule is CC(=O)N(c1nnc(SCc2nnnn2-c2ccc(C(F)(F)F)cc2)s1)C1CC1. The molecule has 0 spiro atoms. The number of hydrogen-bond donors (Lipinski definition) is 0. The first kappa shape index (κ1) is 19.8. The number of carbonyl (C=O) groups excluding carboxylic acids is 1. The van der Waals surface area contributed by atoms with Crippen LogP contribution >= 0.6 is 23.1 Å². The summed E-state index contributed by atoms with van der Waals surface area (Å²) in [5.41, 5.74) is -0.314. The van der Waals surface area contributed by atoms with Crippen molar-refractivity contribution in [1.29, 1.82) is 0 Å². The number of alkyl halides is 3. The fourth-order valence-electron chi connectivity index (χ4n) is 2.65. The van der Waals surface area contributed by atoms with E-state index < -0.39 is 11.7 Å². The number of anilines is 1. The summed E-state index contributed by atoms with van der Waals surface area (Å²) in [4.78, 5) is 13.5. The Morgan fingerprint density at radius 2 is 1.97 bits per heavy atom. The second-order valence-electron chi connectivity index (χ2n) is 6.31. The Bertz CT molecular complexity index is 1010. The topological polar surface area (TPSA) is 89.7 Å². The van der Waals surface area contributed by atoms with Crippen LogP contribution in [0.25, 0.3) is 5.69 Å². The molecule has 1 aliphatic carbocycles. The van der Waals surface area contributed by atoms with Crippen molar-refractivity contribution in [1.82, 2.24) is 30.4 Å². The standard InChI is InChI=1S/C16H14F3N7OS2/c1-9(27)25(11-6-7-11)14-21-22-15(29-14)28-8-13-20-23-24-26(13)12-4-2-10(3-5-12)16(17,18)19/h2-5,11H,6-8H2,1H3. The molecule has 0 saturated heterocycles. The highest BCUT2D eigenvalue weighted by atomic mass is 32.2. The van der Waals surface area contributed by atoms with E-state index in [2.05, 4.69) is 25.7 Å². The summed E-state index contributed by atoms with van der Waals surface area (Å²) in [6.07, 6.45) is -2.48. The minimum atomic E-state index is -4.40. The highest BCUT2D eigenvalue weighted by molar-refractivity contribution is 8.00. The lowest BCUT2D eigenvalue weighted by Gasteiger charge is -2.15. The van der Waals surface area contributed by atoms with Crippen molar-refractivity contribution < 1.29 is 18.0 Å². The molecule has 0 radical (unpaired) electrons. The number of nitrogens with zero attached hydrogens (tertiary/aromatic N) is 7. The van der Waals surface area contributed by atoms with E-state index >= 15 is 0 Å². The zero-order chi connectivity index (χ0) is 20.6. The maximum Gasteiger partial charge on any atom is 0.416 e. The van der Waals surface area contributed by atoms with E-state index in [4.69, 9.17) is 0 Å². The molecule has 1 amide bonds. The molecule has 1 aliphatic rings. The summed E-state index contributed by atoms with van der Waals surface area (Å²) in [7, 11) is 0. The number of halogens is 3. The predicted octanol–water partition coefficient (Wildman–Crippen LogP) is 3.34. The third-order valence-corrected chi connectivity index (χ3v) is 6.20. The second kappa shape index (κ2) is 7.71. The molecule has 0 aliphatic heterocycles. The van der Waals surface area contributed by atoms with Crippen molar-refractivity contribution >= 4 is 34.1 Å². The number of carbonyl (C=O) groups is 1. The van der Waals surface area contributed by atoms with Gasteiger partial charge in [0.25, 0.3) is 0 Å². The van der Waals surface area contributed by atoms with Gasteiger partial charge in [0.2, 0.25) is 11.0 Å². The van der Waals surface area contributed by atoms with Crippen LogP contribution in [0.4, 0.5) is 18.3 Å². The Kier molecular flexibility index (Phi) is 5.25. The average Bonchev–Trinajstić information content (AvgIpc) is 3.19. The van der Waals surface area contributed by atoms with Crippen LogP contribution in [0.1, 0.15) is 31.2 Å². The van der Waals surface area contributed by atoms with E-state index in [1.54, 1.807) is 4.90 Å². The predicted molar refractivity (Wildman–Crippen MR) is 99.8 cm³/mol. The molecule has 8 nitrogen and oxygen atoms in total. The second-order valence-corrected chi connectivity index (χ2v) is 8.49. The molecule has 2 aromatic heterocycles. The summed E-state index contributed by atoms with van der Waals surface area (Å²) >= 11 is 2.65. The van der Waals surface area contributed by atoms with Crippen molar-refractivity contribution in [3.05, 3.63) is 35.7 Å². The van der Waals surface area contributed by atoms with E-state index in [1.807, 2.05) is 0 Å². The van der Waals surface area contributed by atoms with Gasteiger partial charge in [-0.05, 0) is 47.5 Å². The van der Waals surface area contributed by atoms with Gasteiger partial charge in [-0.25, -0.2) is 0 Å². The molecule has 4 rings (SSSR count). The molecule has 1 aromatic carbocycles. The van der Waals surface area contributed by atoms with Crippen LogP contribution in [0.2, 0.25) is 0 Å². The number of rotatable bonds is 6. The quantitative estimate of drug-likeness (QED) is 0.428. The van der Waals surface area contributed by atoms with E-state index in [0.29, 0.717) is 26.7 Å². The van der Waals surface area contributed by atoms with Crippen molar-refractivity contribution in [3.8, 4) is 5.69 Å². The summed E-state index contributed by atoms with van der Waals surface area (Å²) in [6, 6.07) is 4.80. The van der Waals surface area contributed by atoms with Crippen LogP contribution in [-0.4, -0.2) is 42.4 Å². The molecule has 13 heteroatoms. The summed E-state index contributed by atoms with van der Waals surface area (Å²) in [5.74, 6) is 0.732. The Hall–Kier alpha value is -2.54. The van der Waals surface area contributed by atoms with Gasteiger partial charge in [0.05, 0.1) is 17.0 Å². The normalized spacial score (nSPS) is 14.2. The highest BCUT2D eigenvalue weighted by Crippen LogP contribution is 2.36. The molecule has 2 heterocycles. The lowest BCUT2D eigenvalue weighted by Crippen LogP contribution is -2.30. The highest BCUT2D eigenvalue weighted by Gasteiger charge is 2.34. The lowest BCUT2D eigenvalue weighted by atomic mass is 10.2. The van der Waals surface area contributed by atoms with Gasteiger partial charge >= 0.3 is 6.18 Å². The third kappa shape index (κ3) is 4.40. The Labute approximate surface area is 171 Å². The van der Waals surface area contributed by atoms with Crippen LogP contribution < -0.4 is 4.90 Å². The first-order chi connectivity index (χ1) is 13.8. The van der Waals surface area contributed by atoms with E-state index in [-0.39, 0.29) is 11.9 Å². The first-order valence-corrected chi connectivity index (χ1v) is 10.3. The van der Waals surface area contributed by atoms with Gasteiger partial charge in [0, 0.05) is 13.0 Å². The third-order valence-electron chi connectivity index (χ3n) is 4.15. The van der Waals surface area contributed by atoms with Crippen molar-refractivity contribution in [2.45, 2.75) is 42.1 Å². The van der Waals surface area contributed by atoms with Gasteiger partial charge in [0.1, 0.15) is 0 Å². The Balaban J connectivity index is 1.46. The monoisotopic (exact) mass is 441 g/mol. The molecular formula is C16H14F3N7OS2. The number of amides is 1. The smallest absolute Gasteiger partial charge is 0.284 e. The zero-order valence-electron chi connectivity index (χ0n) is 15.0. The number of aromatic nitrogens is 6. The number of benzene rings is 1. The molecule has 152 valence electrons. The largest absolute Gasteiger partial charge is 0.416 e. The van der Waals surface area contributed by atoms with Crippen LogP contribution in [0, 0.1) is 0 Å². The van der Waals surface area contributed by atoms with Gasteiger partial charge in [-0.15, -0.1) is 15.3 Å². The van der Waals surface area contributed by atoms with Gasteiger partial charge in [0.15, 0.2) is 10.2 Å². The molecule has 0 atom stereocenters. The summed E-state index contributed by atoms with van der Waals surface area (Å²) in [6.45, 7) is 1.50. The minimum absolute atomic E-state index is 0.0635. The summed E-state index contributed by atoms with van der Waals surface area (Å²) < 4.78 is 40.2. The molecule has 29 heavy (non-hydrogen) atoms. The van der Waals surface area contributed by atoms with Gasteiger partial charge in [-0.3, -0.25) is 9.69 Å². The van der Waals surface area contributed by atoms with Crippen LogP contribution in [-0.2, 0) is 16.7 Å². The zero-order valence-corrected chi connectivity index (χ0v) is 16.6. The lowest BCUT2D eigenvalue weighted by molar-refractivity contribution is -0.137. The number of tetrazole rings is 1. The maximum absolute atomic E-state index is 12.7. The van der Waals surface area contributed by atoms with Crippen LogP contribution in [0.3, 0.4) is 0 Å². The van der Waals surface area contributed by atoms with E-state index in [9.17, 15) is 18.0 Å². The van der Waals surface area contributed by atoms with Crippen molar-refractivity contribution in [2.24, 2.45) is 0 Å². The van der Waals surface area contributed by atoms with Crippen LogP contribution in [0.5, 0.6) is 0 Å². The molecule has 0 N–H and O–H groups in total. The fraction of sp³-hybridized carbons (Fsp3) is 0.375. The van der Waals surface area contributed by atoms with Crippen LogP contribution in [0.15, 0.2) is 28.6 Å². The number of hydrogen-bond acceptors (Lipinski definition) is 8. The van der Waals surface area contributed by atoms with Gasteiger partial charge in [-0.1, -0.05) is 23.1 Å². The first-order valence-electron chi connectivity index (χ1n) is 8.54. The summed E-state index contributed by atoms with van der Waals surface area (Å²) in [5, 5.41) is 20.2. The maximum atomic E-state index is 12.7. The fourth-order valence-corrected chi connectivity index (χ4v) is 4.52. The Morgan fingerprint density at radius 3 is 2.59 bits per heavy atom. The minimum Gasteiger partial charge on any atom is -0.284 e. The molecule has 0 bridgehead atoms. The molecule has 0 unspecified atom stereocenters. The molecular weight excluding hydrogens is 427 g/mol. The Morgan fingerprint density at radius 1 is 1.24 bits per heavy atom. The van der Waals surface area contributed by atoms with Gasteiger partial charge in [-0.2, -0.15) is 17.9 Å². The molecule has 1 saturated carbocycles. The average molecular weight is 441 g/mol. The number of thioether (sulfide) groups is 1.